The average molecular weight is 246 g/mol. The van der Waals surface area contributed by atoms with E-state index in [2.05, 4.69) is 16.9 Å². The molecule has 4 nitrogen and oxygen atoms in total. The number of imidazole rings is 1. The van der Waals surface area contributed by atoms with Crippen LogP contribution in [0.4, 0.5) is 0 Å². The lowest BCUT2D eigenvalue weighted by molar-refractivity contribution is 0.208. The molecule has 18 heavy (non-hydrogen) atoms. The first-order valence-electron chi connectivity index (χ1n) is 6.09. The molecule has 0 bridgehead atoms. The highest BCUT2D eigenvalue weighted by molar-refractivity contribution is 5.68. The quantitative estimate of drug-likeness (QED) is 0.880. The number of ether oxygens (including phenoxy) is 2. The average Bonchev–Trinajstić information content (AvgIpc) is 2.92. The smallest absolute Gasteiger partial charge is 0.172 e. The van der Waals surface area contributed by atoms with Gasteiger partial charge < -0.3 is 14.5 Å². The summed E-state index contributed by atoms with van der Waals surface area (Å²) in [4.78, 5) is 7.35. The Bertz CT molecular complexity index is 495. The van der Waals surface area contributed by atoms with E-state index in [0.717, 1.165) is 29.3 Å². The molecule has 96 valence electrons. The molecule has 0 radical (unpaired) electrons. The Morgan fingerprint density at radius 2 is 2.22 bits per heavy atom. The van der Waals surface area contributed by atoms with Crippen molar-refractivity contribution < 1.29 is 9.47 Å². The molecule has 1 N–H and O–H groups in total. The molecular weight excluding hydrogens is 228 g/mol. The first-order chi connectivity index (χ1) is 8.76. The molecule has 2 rings (SSSR count). The Kier molecular flexibility index (Phi) is 3.87. The minimum absolute atomic E-state index is 0.134. The highest BCUT2D eigenvalue weighted by Crippen LogP contribution is 2.37. The molecule has 0 saturated heterocycles. The molecule has 2 aromatic rings. The molecule has 0 fully saturated rings. The number of nitrogens with zero attached hydrogens (tertiary/aromatic N) is 1. The van der Waals surface area contributed by atoms with Crippen molar-refractivity contribution in [1.29, 1.82) is 0 Å². The van der Waals surface area contributed by atoms with Crippen LogP contribution in [0.2, 0.25) is 0 Å². The van der Waals surface area contributed by atoms with Crippen LogP contribution >= 0.6 is 0 Å². The second-order valence-electron chi connectivity index (χ2n) is 4.11. The lowest BCUT2D eigenvalue weighted by Crippen LogP contribution is -2.11. The van der Waals surface area contributed by atoms with Gasteiger partial charge in [0.1, 0.15) is 5.82 Å². The van der Waals surface area contributed by atoms with Crippen molar-refractivity contribution >= 4 is 0 Å². The van der Waals surface area contributed by atoms with E-state index in [4.69, 9.17) is 9.47 Å². The number of hydrogen-bond acceptors (Lipinski definition) is 3. The van der Waals surface area contributed by atoms with E-state index in [1.165, 1.54) is 0 Å². The molecular formula is C14H18N2O2. The Balaban J connectivity index is 2.45. The number of aromatic amines is 1. The molecule has 1 heterocycles. The van der Waals surface area contributed by atoms with E-state index in [1.54, 1.807) is 19.5 Å². The number of para-hydroxylation sites is 1. The van der Waals surface area contributed by atoms with Gasteiger partial charge >= 0.3 is 0 Å². The van der Waals surface area contributed by atoms with Gasteiger partial charge in [-0.15, -0.1) is 0 Å². The number of methoxy groups -OCH3 is 1. The van der Waals surface area contributed by atoms with E-state index in [9.17, 15) is 0 Å². The topological polar surface area (TPSA) is 47.1 Å². The number of hydrogen-bond donors (Lipinski definition) is 1. The maximum atomic E-state index is 5.96. The largest absolute Gasteiger partial charge is 0.493 e. The van der Waals surface area contributed by atoms with Crippen LogP contribution in [-0.2, 0) is 0 Å². The molecule has 0 aliphatic carbocycles. The summed E-state index contributed by atoms with van der Waals surface area (Å²) in [5.74, 6) is 2.25. The van der Waals surface area contributed by atoms with Crippen molar-refractivity contribution in [3.8, 4) is 22.9 Å². The minimum atomic E-state index is 0.134. The fraction of sp³-hybridized carbons (Fsp3) is 0.357. The number of benzene rings is 1. The standard InChI is InChI=1S/C14H18N2O2/c1-4-10(2)18-13-11(14-15-8-9-16-14)6-5-7-12(13)17-3/h5-10H,4H2,1-3H3,(H,15,16)/t10-/m0/s1. The van der Waals surface area contributed by atoms with Gasteiger partial charge in [-0.1, -0.05) is 13.0 Å². The Morgan fingerprint density at radius 3 is 2.83 bits per heavy atom. The summed E-state index contributed by atoms with van der Waals surface area (Å²) in [5, 5.41) is 0. The number of rotatable bonds is 5. The van der Waals surface area contributed by atoms with E-state index in [0.29, 0.717) is 0 Å². The predicted molar refractivity (Wildman–Crippen MR) is 71.0 cm³/mol. The molecule has 0 aliphatic rings. The third-order valence-corrected chi connectivity index (χ3v) is 2.85. The van der Waals surface area contributed by atoms with Gasteiger partial charge in [0, 0.05) is 12.4 Å². The summed E-state index contributed by atoms with van der Waals surface area (Å²) in [6.07, 6.45) is 4.59. The van der Waals surface area contributed by atoms with E-state index in [-0.39, 0.29) is 6.10 Å². The summed E-state index contributed by atoms with van der Waals surface area (Å²) >= 11 is 0. The Hall–Kier alpha value is -1.97. The van der Waals surface area contributed by atoms with E-state index < -0.39 is 0 Å². The van der Waals surface area contributed by atoms with Gasteiger partial charge in [-0.25, -0.2) is 4.98 Å². The third-order valence-electron chi connectivity index (χ3n) is 2.85. The van der Waals surface area contributed by atoms with Crippen molar-refractivity contribution in [1.82, 2.24) is 9.97 Å². The molecule has 0 saturated carbocycles. The zero-order valence-electron chi connectivity index (χ0n) is 10.9. The van der Waals surface area contributed by atoms with Crippen LogP contribution in [-0.4, -0.2) is 23.2 Å². The van der Waals surface area contributed by atoms with Gasteiger partial charge in [0.25, 0.3) is 0 Å². The zero-order chi connectivity index (χ0) is 13.0. The summed E-state index contributed by atoms with van der Waals surface area (Å²) in [6.45, 7) is 4.13. The van der Waals surface area contributed by atoms with Crippen LogP contribution in [0.5, 0.6) is 11.5 Å². The summed E-state index contributed by atoms with van der Waals surface area (Å²) in [6, 6.07) is 5.80. The van der Waals surface area contributed by atoms with E-state index >= 15 is 0 Å². The number of H-pyrrole nitrogens is 1. The Labute approximate surface area is 107 Å². The van der Waals surface area contributed by atoms with E-state index in [1.807, 2.05) is 25.1 Å². The molecule has 1 aromatic heterocycles. The van der Waals surface area contributed by atoms with Gasteiger partial charge in [0.15, 0.2) is 11.5 Å². The summed E-state index contributed by atoms with van der Waals surface area (Å²) < 4.78 is 11.3. The molecule has 0 unspecified atom stereocenters. The highest BCUT2D eigenvalue weighted by Gasteiger charge is 2.15. The summed E-state index contributed by atoms with van der Waals surface area (Å²) in [5.41, 5.74) is 0.916. The first-order valence-corrected chi connectivity index (χ1v) is 6.09. The number of nitrogens with one attached hydrogen (secondary N) is 1. The normalized spacial score (nSPS) is 12.2. The SMILES string of the molecule is CC[C@H](C)Oc1c(OC)cccc1-c1ncc[nH]1. The van der Waals surface area contributed by atoms with Crippen molar-refractivity contribution in [2.24, 2.45) is 0 Å². The molecule has 4 heteroatoms. The van der Waals surface area contributed by atoms with Crippen LogP contribution in [0.15, 0.2) is 30.6 Å². The second kappa shape index (κ2) is 5.58. The van der Waals surface area contributed by atoms with Crippen molar-refractivity contribution in [2.45, 2.75) is 26.4 Å². The van der Waals surface area contributed by atoms with Gasteiger partial charge in [-0.2, -0.15) is 0 Å². The van der Waals surface area contributed by atoms with Gasteiger partial charge in [0.05, 0.1) is 18.8 Å². The maximum Gasteiger partial charge on any atom is 0.172 e. The van der Waals surface area contributed by atoms with Gasteiger partial charge in [-0.05, 0) is 25.5 Å². The second-order valence-corrected chi connectivity index (χ2v) is 4.11. The third kappa shape index (κ3) is 2.47. The molecule has 0 aliphatic heterocycles. The monoisotopic (exact) mass is 246 g/mol. The van der Waals surface area contributed by atoms with Crippen LogP contribution in [0.25, 0.3) is 11.4 Å². The van der Waals surface area contributed by atoms with Crippen LogP contribution in [0.1, 0.15) is 20.3 Å². The lowest BCUT2D eigenvalue weighted by atomic mass is 10.1. The van der Waals surface area contributed by atoms with Gasteiger partial charge in [-0.3, -0.25) is 0 Å². The fourth-order valence-electron chi connectivity index (χ4n) is 1.68. The lowest BCUT2D eigenvalue weighted by Gasteiger charge is -2.18. The molecule has 0 spiro atoms. The van der Waals surface area contributed by atoms with Crippen LogP contribution < -0.4 is 9.47 Å². The van der Waals surface area contributed by atoms with Crippen LogP contribution in [0.3, 0.4) is 0 Å². The first kappa shape index (κ1) is 12.5. The van der Waals surface area contributed by atoms with Gasteiger partial charge in [0.2, 0.25) is 0 Å². The van der Waals surface area contributed by atoms with Crippen molar-refractivity contribution in [2.75, 3.05) is 7.11 Å². The van der Waals surface area contributed by atoms with Crippen molar-refractivity contribution in [3.63, 3.8) is 0 Å². The predicted octanol–water partition coefficient (Wildman–Crippen LogP) is 3.26. The fourth-order valence-corrected chi connectivity index (χ4v) is 1.68. The van der Waals surface area contributed by atoms with Crippen LogP contribution in [0, 0.1) is 0 Å². The number of aromatic nitrogens is 2. The molecule has 1 aromatic carbocycles. The van der Waals surface area contributed by atoms with Crippen molar-refractivity contribution in [3.05, 3.63) is 30.6 Å². The Morgan fingerprint density at radius 1 is 1.39 bits per heavy atom. The highest BCUT2D eigenvalue weighted by atomic mass is 16.5. The molecule has 0 amide bonds. The maximum absolute atomic E-state index is 5.96. The summed E-state index contributed by atoms with van der Waals surface area (Å²) in [7, 11) is 1.64. The zero-order valence-corrected chi connectivity index (χ0v) is 10.9. The molecule has 1 atom stereocenters. The minimum Gasteiger partial charge on any atom is -0.493 e.